The molecule has 0 aliphatic rings. The highest BCUT2D eigenvalue weighted by Gasteiger charge is 2.17. The Morgan fingerprint density at radius 1 is 1.00 bits per heavy atom. The van der Waals surface area contributed by atoms with E-state index < -0.39 is 6.10 Å². The number of para-hydroxylation sites is 3. The first-order valence-corrected chi connectivity index (χ1v) is 6.80. The number of oxazole rings is 1. The average molecular weight is 279 g/mol. The molecule has 4 nitrogen and oxygen atoms in total. The average Bonchev–Trinajstić information content (AvgIpc) is 3.10. The summed E-state index contributed by atoms with van der Waals surface area (Å²) in [6.07, 6.45) is 1.21. The van der Waals surface area contributed by atoms with Gasteiger partial charge in [0.2, 0.25) is 0 Å². The van der Waals surface area contributed by atoms with Crippen LogP contribution in [0.25, 0.3) is 22.1 Å². The molecule has 0 fully saturated rings. The van der Waals surface area contributed by atoms with Crippen LogP contribution < -0.4 is 0 Å². The first-order chi connectivity index (χ1) is 10.3. The van der Waals surface area contributed by atoms with Crippen LogP contribution >= 0.6 is 0 Å². The van der Waals surface area contributed by atoms with Gasteiger partial charge in [-0.05, 0) is 18.2 Å². The molecule has 0 spiro atoms. The number of aromatic nitrogens is 1. The van der Waals surface area contributed by atoms with Crippen LogP contribution in [0.15, 0.2) is 63.6 Å². The van der Waals surface area contributed by atoms with E-state index in [1.165, 1.54) is 0 Å². The van der Waals surface area contributed by atoms with Gasteiger partial charge < -0.3 is 13.9 Å². The normalized spacial score (nSPS) is 13.0. The van der Waals surface area contributed by atoms with Crippen molar-refractivity contribution in [3.63, 3.8) is 0 Å². The highest BCUT2D eigenvalue weighted by atomic mass is 16.4. The molecule has 0 aliphatic heterocycles. The molecule has 1 unspecified atom stereocenters. The molecule has 0 saturated heterocycles. The number of aliphatic hydroxyl groups excluding tert-OH is 1. The van der Waals surface area contributed by atoms with Gasteiger partial charge >= 0.3 is 0 Å². The van der Waals surface area contributed by atoms with Crippen LogP contribution in [0, 0.1) is 0 Å². The molecule has 0 amide bonds. The van der Waals surface area contributed by atoms with Crippen LogP contribution in [0.1, 0.15) is 17.6 Å². The Morgan fingerprint density at radius 2 is 1.76 bits per heavy atom. The van der Waals surface area contributed by atoms with E-state index >= 15 is 0 Å². The molecular formula is C17H13NO3. The Bertz CT molecular complexity index is 873. The lowest BCUT2D eigenvalue weighted by Gasteiger charge is -2.05. The Labute approximate surface area is 120 Å². The predicted molar refractivity (Wildman–Crippen MR) is 78.9 cm³/mol. The van der Waals surface area contributed by atoms with Crippen molar-refractivity contribution in [1.82, 2.24) is 4.98 Å². The molecule has 0 aliphatic carbocycles. The smallest absolute Gasteiger partial charge is 0.198 e. The zero-order valence-corrected chi connectivity index (χ0v) is 11.2. The fourth-order valence-corrected chi connectivity index (χ4v) is 2.54. The van der Waals surface area contributed by atoms with E-state index in [0.29, 0.717) is 12.3 Å². The highest BCUT2D eigenvalue weighted by Crippen LogP contribution is 2.28. The lowest BCUT2D eigenvalue weighted by atomic mass is 10.1. The van der Waals surface area contributed by atoms with Gasteiger partial charge in [-0.25, -0.2) is 4.98 Å². The number of aliphatic hydroxyl groups is 1. The maximum Gasteiger partial charge on any atom is 0.198 e. The van der Waals surface area contributed by atoms with Gasteiger partial charge in [0, 0.05) is 10.9 Å². The molecule has 2 aromatic carbocycles. The Balaban J connectivity index is 1.67. The summed E-state index contributed by atoms with van der Waals surface area (Å²) in [6, 6.07) is 15.2. The largest absolute Gasteiger partial charge is 0.464 e. The fraction of sp³-hybridized carbons (Fsp3) is 0.118. The molecule has 0 saturated carbocycles. The van der Waals surface area contributed by atoms with Crippen molar-refractivity contribution in [2.75, 3.05) is 0 Å². The third-order valence-corrected chi connectivity index (χ3v) is 3.58. The minimum atomic E-state index is -0.707. The Hall–Kier alpha value is -2.59. The minimum Gasteiger partial charge on any atom is -0.464 e. The molecule has 21 heavy (non-hydrogen) atoms. The van der Waals surface area contributed by atoms with Gasteiger partial charge in [-0.2, -0.15) is 0 Å². The summed E-state index contributed by atoms with van der Waals surface area (Å²) in [5.74, 6) is 0.522. The summed E-state index contributed by atoms with van der Waals surface area (Å²) in [4.78, 5) is 4.39. The number of rotatable bonds is 3. The van der Waals surface area contributed by atoms with Gasteiger partial charge in [-0.3, -0.25) is 0 Å². The molecule has 1 N–H and O–H groups in total. The van der Waals surface area contributed by atoms with Gasteiger partial charge in [0.25, 0.3) is 0 Å². The first-order valence-electron chi connectivity index (χ1n) is 6.80. The zero-order chi connectivity index (χ0) is 14.2. The number of benzene rings is 2. The number of fused-ring (bicyclic) bond motifs is 2. The third kappa shape index (κ3) is 2.10. The second-order valence-electron chi connectivity index (χ2n) is 4.98. The van der Waals surface area contributed by atoms with E-state index in [-0.39, 0.29) is 0 Å². The van der Waals surface area contributed by atoms with Crippen molar-refractivity contribution in [2.24, 2.45) is 0 Å². The summed E-state index contributed by atoms with van der Waals surface area (Å²) in [7, 11) is 0. The van der Waals surface area contributed by atoms with Crippen LogP contribution in [0.3, 0.4) is 0 Å². The van der Waals surface area contributed by atoms with Crippen molar-refractivity contribution < 1.29 is 13.9 Å². The molecule has 0 bridgehead atoms. The standard InChI is InChI=1S/C17H13NO3/c19-14(12-10-20-15-7-3-1-5-11(12)15)9-17-18-13-6-2-4-8-16(13)21-17/h1-8,10,14,19H,9H2. The quantitative estimate of drug-likeness (QED) is 0.618. The van der Waals surface area contributed by atoms with Gasteiger partial charge in [-0.15, -0.1) is 0 Å². The Morgan fingerprint density at radius 3 is 2.62 bits per heavy atom. The predicted octanol–water partition coefficient (Wildman–Crippen LogP) is 3.85. The van der Waals surface area contributed by atoms with Crippen LogP contribution in [0.2, 0.25) is 0 Å². The molecule has 4 rings (SSSR count). The highest BCUT2D eigenvalue weighted by molar-refractivity contribution is 5.81. The molecule has 2 heterocycles. The summed E-state index contributed by atoms with van der Waals surface area (Å²) in [6.45, 7) is 0. The topological polar surface area (TPSA) is 59.4 Å². The SMILES string of the molecule is OC(Cc1nc2ccccc2o1)c1coc2ccccc12. The molecule has 2 aromatic heterocycles. The monoisotopic (exact) mass is 279 g/mol. The third-order valence-electron chi connectivity index (χ3n) is 3.58. The van der Waals surface area contributed by atoms with E-state index in [4.69, 9.17) is 8.83 Å². The first kappa shape index (κ1) is 12.2. The van der Waals surface area contributed by atoms with Gasteiger partial charge in [0.15, 0.2) is 11.5 Å². The lowest BCUT2D eigenvalue weighted by molar-refractivity contribution is 0.170. The summed E-state index contributed by atoms with van der Waals surface area (Å²) < 4.78 is 11.1. The van der Waals surface area contributed by atoms with Crippen molar-refractivity contribution >= 4 is 22.1 Å². The maximum atomic E-state index is 10.4. The summed E-state index contributed by atoms with van der Waals surface area (Å²) in [5.41, 5.74) is 3.06. The van der Waals surface area contributed by atoms with Crippen molar-refractivity contribution in [3.05, 3.63) is 66.2 Å². The van der Waals surface area contributed by atoms with E-state index in [0.717, 1.165) is 27.6 Å². The van der Waals surface area contributed by atoms with Crippen molar-refractivity contribution in [3.8, 4) is 0 Å². The van der Waals surface area contributed by atoms with Gasteiger partial charge in [0.1, 0.15) is 11.1 Å². The van der Waals surface area contributed by atoms with Gasteiger partial charge in [0.05, 0.1) is 18.8 Å². The van der Waals surface area contributed by atoms with E-state index in [9.17, 15) is 5.11 Å². The molecule has 104 valence electrons. The number of hydrogen-bond donors (Lipinski definition) is 1. The van der Waals surface area contributed by atoms with E-state index in [2.05, 4.69) is 4.98 Å². The molecule has 1 atom stereocenters. The maximum absolute atomic E-state index is 10.4. The second kappa shape index (κ2) is 4.75. The second-order valence-corrected chi connectivity index (χ2v) is 4.98. The Kier molecular flexibility index (Phi) is 2.75. The fourth-order valence-electron chi connectivity index (χ4n) is 2.54. The molecule has 4 aromatic rings. The van der Waals surface area contributed by atoms with Crippen molar-refractivity contribution in [1.29, 1.82) is 0 Å². The molecule has 0 radical (unpaired) electrons. The minimum absolute atomic E-state index is 0.318. The lowest BCUT2D eigenvalue weighted by Crippen LogP contribution is -2.01. The van der Waals surface area contributed by atoms with Crippen LogP contribution in [-0.4, -0.2) is 10.1 Å². The number of hydrogen-bond acceptors (Lipinski definition) is 4. The van der Waals surface area contributed by atoms with E-state index in [1.54, 1.807) is 6.26 Å². The molecular weight excluding hydrogens is 266 g/mol. The molecule has 4 heteroatoms. The van der Waals surface area contributed by atoms with Gasteiger partial charge in [-0.1, -0.05) is 30.3 Å². The van der Waals surface area contributed by atoms with Crippen LogP contribution in [0.4, 0.5) is 0 Å². The van der Waals surface area contributed by atoms with Crippen LogP contribution in [-0.2, 0) is 6.42 Å². The van der Waals surface area contributed by atoms with E-state index in [1.807, 2.05) is 48.5 Å². The zero-order valence-electron chi connectivity index (χ0n) is 11.2. The number of nitrogens with zero attached hydrogens (tertiary/aromatic N) is 1. The van der Waals surface area contributed by atoms with Crippen molar-refractivity contribution in [2.45, 2.75) is 12.5 Å². The van der Waals surface area contributed by atoms with Crippen LogP contribution in [0.5, 0.6) is 0 Å². The summed E-state index contributed by atoms with van der Waals surface area (Å²) >= 11 is 0. The summed E-state index contributed by atoms with van der Waals surface area (Å²) in [5, 5.41) is 11.3. The number of furan rings is 1.